The Bertz CT molecular complexity index is 997. The fraction of sp³-hybridized carbons (Fsp3) is 0.962. The summed E-state index contributed by atoms with van der Waals surface area (Å²) >= 11 is 0. The van der Waals surface area contributed by atoms with Crippen LogP contribution in [0, 0.1) is 0 Å². The Morgan fingerprint density at radius 3 is 1.59 bits per heavy atom. The molecule has 4 rings (SSSR count). The molecule has 0 aromatic carbocycles. The van der Waals surface area contributed by atoms with Gasteiger partial charge in [-0.05, 0) is 13.8 Å². The molecule has 0 bridgehead atoms. The SMILES string of the molecule is CC(=O)N[C@@H]1[C@@H](O[C@H]2O[C@H](CO)[C@H](O)[C@H](O)[C@H]2O[C@@H]2O[C@@H](C)[C@H](O)[C@@H](O)[C@H]2O[C@@H]2O[C@@H](C)[C@H](O)[C@@H](O)[C@H]2O)[C@@H](O)[C@@H](CO)O[C@H]1O. The lowest BCUT2D eigenvalue weighted by Gasteiger charge is -2.49. The molecule has 4 aliphatic rings. The van der Waals surface area contributed by atoms with Gasteiger partial charge in [0, 0.05) is 6.92 Å². The van der Waals surface area contributed by atoms with E-state index in [-0.39, 0.29) is 0 Å². The van der Waals surface area contributed by atoms with Gasteiger partial charge >= 0.3 is 0 Å². The van der Waals surface area contributed by atoms with Crippen LogP contribution in [0.4, 0.5) is 0 Å². The second kappa shape index (κ2) is 15.5. The van der Waals surface area contributed by atoms with E-state index >= 15 is 0 Å². The molecule has 1 amide bonds. The van der Waals surface area contributed by atoms with Crippen molar-refractivity contribution in [3.8, 4) is 0 Å². The summed E-state index contributed by atoms with van der Waals surface area (Å²) in [7, 11) is 0. The smallest absolute Gasteiger partial charge is 0.217 e. The number of nitrogens with one attached hydrogen (secondary N) is 1. The Labute approximate surface area is 262 Å². The minimum absolute atomic E-state index is 0.673. The van der Waals surface area contributed by atoms with Gasteiger partial charge in [-0.15, -0.1) is 0 Å². The van der Waals surface area contributed by atoms with Gasteiger partial charge in [0.1, 0.15) is 85.4 Å². The molecule has 20 nitrogen and oxygen atoms in total. The summed E-state index contributed by atoms with van der Waals surface area (Å²) in [6.45, 7) is 2.22. The molecular weight excluding hydrogens is 630 g/mol. The standard InChI is InChI=1S/C26H45NO19/c1-6-12(31)16(35)19(38)24(40-6)45-21-17(36)13(32)7(2)41-25(21)46-22-18(37)14(33)9(4-28)43-26(22)44-20-11(27-8(3)30)23(39)42-10(5-29)15(20)34/h6-7,9-26,28-29,31-39H,4-5H2,1-3H3,(H,27,30)/t6-,7-,9+,10+,11+,12-,13-,14-,15-,16+,17+,18-,19+,20+,21+,22+,23+,24-,25-,26+/m0/s1. The van der Waals surface area contributed by atoms with Crippen LogP contribution in [0.25, 0.3) is 0 Å². The van der Waals surface area contributed by atoms with Crippen LogP contribution in [-0.4, -0.2) is 198 Å². The summed E-state index contributed by atoms with van der Waals surface area (Å²) in [5, 5.41) is 117. The first-order valence-electron chi connectivity index (χ1n) is 14.8. The van der Waals surface area contributed by atoms with Crippen molar-refractivity contribution in [1.82, 2.24) is 5.32 Å². The average Bonchev–Trinajstić information content (AvgIpc) is 3.01. The number of carbonyl (C=O) groups excluding carboxylic acids is 1. The molecule has 0 aromatic rings. The zero-order valence-electron chi connectivity index (χ0n) is 25.1. The zero-order chi connectivity index (χ0) is 34.2. The maximum absolute atomic E-state index is 11.9. The highest BCUT2D eigenvalue weighted by atomic mass is 16.8. The van der Waals surface area contributed by atoms with Crippen molar-refractivity contribution in [1.29, 1.82) is 0 Å². The van der Waals surface area contributed by atoms with E-state index in [0.717, 1.165) is 6.92 Å². The molecule has 46 heavy (non-hydrogen) atoms. The first-order valence-corrected chi connectivity index (χ1v) is 14.8. The summed E-state index contributed by atoms with van der Waals surface area (Å²) in [6, 6.07) is -1.47. The first-order chi connectivity index (χ1) is 21.6. The highest BCUT2D eigenvalue weighted by Gasteiger charge is 2.55. The molecule has 20 heteroatoms. The molecule has 4 aliphatic heterocycles. The van der Waals surface area contributed by atoms with Crippen molar-refractivity contribution in [3.63, 3.8) is 0 Å². The molecule has 4 heterocycles. The van der Waals surface area contributed by atoms with Crippen molar-refractivity contribution in [3.05, 3.63) is 0 Å². The minimum Gasteiger partial charge on any atom is -0.394 e. The molecule has 268 valence electrons. The molecule has 12 N–H and O–H groups in total. The molecule has 0 unspecified atom stereocenters. The third kappa shape index (κ3) is 7.64. The number of ether oxygens (including phenoxy) is 7. The van der Waals surface area contributed by atoms with Crippen molar-refractivity contribution in [2.75, 3.05) is 13.2 Å². The van der Waals surface area contributed by atoms with Crippen molar-refractivity contribution in [2.24, 2.45) is 0 Å². The van der Waals surface area contributed by atoms with Crippen LogP contribution in [0.15, 0.2) is 0 Å². The van der Waals surface area contributed by atoms with Gasteiger partial charge in [-0.25, -0.2) is 0 Å². The van der Waals surface area contributed by atoms with E-state index in [1.807, 2.05) is 0 Å². The van der Waals surface area contributed by atoms with Gasteiger partial charge in [0.05, 0.1) is 25.4 Å². The summed E-state index contributed by atoms with van der Waals surface area (Å²) in [5.41, 5.74) is 0. The number of hydrogen-bond acceptors (Lipinski definition) is 19. The topological polar surface area (TPSA) is 316 Å². The normalized spacial score (nSPS) is 51.9. The quantitative estimate of drug-likeness (QED) is 0.108. The molecule has 4 saturated heterocycles. The molecule has 0 aromatic heterocycles. The van der Waals surface area contributed by atoms with E-state index in [0.29, 0.717) is 0 Å². The lowest BCUT2D eigenvalue weighted by molar-refractivity contribution is -0.397. The van der Waals surface area contributed by atoms with Crippen LogP contribution in [0.5, 0.6) is 0 Å². The van der Waals surface area contributed by atoms with E-state index in [9.17, 15) is 61.0 Å². The molecule has 0 saturated carbocycles. The van der Waals surface area contributed by atoms with Crippen LogP contribution in [0.2, 0.25) is 0 Å². The first kappa shape index (κ1) is 37.6. The van der Waals surface area contributed by atoms with E-state index < -0.39 is 142 Å². The number of amides is 1. The Morgan fingerprint density at radius 2 is 1.02 bits per heavy atom. The monoisotopic (exact) mass is 675 g/mol. The fourth-order valence-corrected chi connectivity index (χ4v) is 5.79. The zero-order valence-corrected chi connectivity index (χ0v) is 25.1. The van der Waals surface area contributed by atoms with Crippen LogP contribution in [0.1, 0.15) is 20.8 Å². The molecule has 0 aliphatic carbocycles. The highest BCUT2D eigenvalue weighted by molar-refractivity contribution is 5.73. The molecule has 0 radical (unpaired) electrons. The third-order valence-corrected chi connectivity index (χ3v) is 8.53. The van der Waals surface area contributed by atoms with Gasteiger partial charge < -0.3 is 94.6 Å². The van der Waals surface area contributed by atoms with Crippen molar-refractivity contribution in [2.45, 2.75) is 144 Å². The van der Waals surface area contributed by atoms with E-state index in [1.165, 1.54) is 13.8 Å². The second-order valence-corrected chi connectivity index (χ2v) is 11.8. The predicted molar refractivity (Wildman–Crippen MR) is 143 cm³/mol. The van der Waals surface area contributed by atoms with E-state index in [1.54, 1.807) is 0 Å². The third-order valence-electron chi connectivity index (χ3n) is 8.53. The Hall–Kier alpha value is -1.25. The summed E-state index contributed by atoms with van der Waals surface area (Å²) in [6.07, 6.45) is -31.3. The van der Waals surface area contributed by atoms with Crippen molar-refractivity contribution >= 4 is 5.91 Å². The van der Waals surface area contributed by atoms with Crippen LogP contribution in [-0.2, 0) is 38.0 Å². The second-order valence-electron chi connectivity index (χ2n) is 11.8. The minimum atomic E-state index is -1.94. The van der Waals surface area contributed by atoms with E-state index in [2.05, 4.69) is 5.32 Å². The number of aliphatic hydroxyl groups is 11. The van der Waals surface area contributed by atoms with Crippen LogP contribution in [0.3, 0.4) is 0 Å². The van der Waals surface area contributed by atoms with Gasteiger partial charge in [-0.2, -0.15) is 0 Å². The molecule has 20 atom stereocenters. The lowest BCUT2D eigenvalue weighted by atomic mass is 9.95. The molecular formula is C26H45NO19. The number of hydrogen-bond donors (Lipinski definition) is 12. The van der Waals surface area contributed by atoms with Gasteiger partial charge in [0.2, 0.25) is 5.91 Å². The van der Waals surface area contributed by atoms with Crippen LogP contribution < -0.4 is 5.32 Å². The van der Waals surface area contributed by atoms with Gasteiger partial charge in [0.15, 0.2) is 25.2 Å². The number of carbonyl (C=O) groups is 1. The van der Waals surface area contributed by atoms with Gasteiger partial charge in [-0.3, -0.25) is 4.79 Å². The number of aliphatic hydroxyl groups excluding tert-OH is 11. The average molecular weight is 676 g/mol. The Morgan fingerprint density at radius 1 is 0.565 bits per heavy atom. The fourth-order valence-electron chi connectivity index (χ4n) is 5.79. The lowest BCUT2D eigenvalue weighted by Crippen LogP contribution is -2.69. The predicted octanol–water partition coefficient (Wildman–Crippen LogP) is -7.55. The maximum atomic E-state index is 11.9. The largest absolute Gasteiger partial charge is 0.394 e. The summed E-state index contributed by atoms with van der Waals surface area (Å²) < 4.78 is 39.5. The Balaban J connectivity index is 1.64. The van der Waals surface area contributed by atoms with Gasteiger partial charge in [0.25, 0.3) is 0 Å². The Kier molecular flexibility index (Phi) is 12.7. The number of rotatable bonds is 9. The summed E-state index contributed by atoms with van der Waals surface area (Å²) in [5.74, 6) is -0.673. The molecule has 0 spiro atoms. The molecule has 4 fully saturated rings. The highest BCUT2D eigenvalue weighted by Crippen LogP contribution is 2.34. The van der Waals surface area contributed by atoms with E-state index in [4.69, 9.17) is 33.2 Å². The van der Waals surface area contributed by atoms with Gasteiger partial charge in [-0.1, -0.05) is 0 Å². The van der Waals surface area contributed by atoms with Crippen molar-refractivity contribution < 1.29 is 94.1 Å². The maximum Gasteiger partial charge on any atom is 0.217 e. The summed E-state index contributed by atoms with van der Waals surface area (Å²) in [4.78, 5) is 11.9. The van der Waals surface area contributed by atoms with Crippen LogP contribution >= 0.6 is 0 Å².